The lowest BCUT2D eigenvalue weighted by molar-refractivity contribution is -0.136. The van der Waals surface area contributed by atoms with Gasteiger partial charge in [-0.1, -0.05) is 41.4 Å². The van der Waals surface area contributed by atoms with Gasteiger partial charge in [-0.2, -0.15) is 0 Å². The molecule has 1 aromatic heterocycles. The number of halogens is 2. The van der Waals surface area contributed by atoms with Crippen LogP contribution in [-0.4, -0.2) is 74.7 Å². The van der Waals surface area contributed by atoms with Gasteiger partial charge in [0.15, 0.2) is 0 Å². The highest BCUT2D eigenvalue weighted by atomic mass is 35.5. The predicted molar refractivity (Wildman–Crippen MR) is 128 cm³/mol. The molecule has 0 saturated heterocycles. The molecule has 1 aliphatic heterocycles. The number of aryl methyl sites for hydroxylation is 1. The summed E-state index contributed by atoms with van der Waals surface area (Å²) in [6.07, 6.45) is 2.63. The maximum Gasteiger partial charge on any atom is 0.222 e. The lowest BCUT2D eigenvalue weighted by Gasteiger charge is -2.35. The minimum atomic E-state index is -0.251. The predicted octanol–water partition coefficient (Wildman–Crippen LogP) is 3.24. The third-order valence-corrected chi connectivity index (χ3v) is 6.81. The number of nitrogens with zero attached hydrogens (tertiary/aromatic N) is 5. The average molecular weight is 498 g/mol. The molecular formula is C23H33Cl2N5O3. The Balaban J connectivity index is 1.77. The van der Waals surface area contributed by atoms with Crippen molar-refractivity contribution < 1.29 is 14.6 Å². The largest absolute Gasteiger partial charge is 0.394 e. The smallest absolute Gasteiger partial charge is 0.222 e. The van der Waals surface area contributed by atoms with Gasteiger partial charge < -0.3 is 14.7 Å². The number of carbonyl (C=O) groups is 1. The summed E-state index contributed by atoms with van der Waals surface area (Å²) in [5, 5.41) is 19.0. The highest BCUT2D eigenvalue weighted by molar-refractivity contribution is 6.42. The van der Waals surface area contributed by atoms with Gasteiger partial charge in [0.05, 0.1) is 47.3 Å². The van der Waals surface area contributed by atoms with E-state index in [0.29, 0.717) is 55.7 Å². The molecular weight excluding hydrogens is 465 g/mol. The molecule has 33 heavy (non-hydrogen) atoms. The Morgan fingerprint density at radius 3 is 2.85 bits per heavy atom. The number of hydrogen-bond donors (Lipinski definition) is 1. The molecule has 1 amide bonds. The fraction of sp³-hybridized carbons (Fsp3) is 0.609. The molecule has 10 heteroatoms. The zero-order chi connectivity index (χ0) is 24.0. The molecule has 3 rings (SSSR count). The number of amides is 1. The molecule has 0 radical (unpaired) electrons. The Bertz CT molecular complexity index is 925. The van der Waals surface area contributed by atoms with Crippen molar-refractivity contribution in [2.75, 3.05) is 26.7 Å². The van der Waals surface area contributed by atoms with Crippen LogP contribution in [0.25, 0.3) is 0 Å². The minimum Gasteiger partial charge on any atom is -0.394 e. The van der Waals surface area contributed by atoms with Crippen LogP contribution in [0.3, 0.4) is 0 Å². The van der Waals surface area contributed by atoms with E-state index in [0.717, 1.165) is 11.3 Å². The van der Waals surface area contributed by atoms with Crippen LogP contribution < -0.4 is 0 Å². The second-order valence-corrected chi connectivity index (χ2v) is 9.72. The van der Waals surface area contributed by atoms with Crippen molar-refractivity contribution in [2.24, 2.45) is 5.92 Å². The van der Waals surface area contributed by atoms with Crippen LogP contribution in [-0.2, 0) is 29.2 Å². The maximum absolute atomic E-state index is 13.0. The van der Waals surface area contributed by atoms with Gasteiger partial charge in [0.25, 0.3) is 0 Å². The first-order valence-electron chi connectivity index (χ1n) is 11.3. The fourth-order valence-electron chi connectivity index (χ4n) is 4.07. The lowest BCUT2D eigenvalue weighted by Crippen LogP contribution is -2.47. The normalized spacial score (nSPS) is 21.4. The number of rotatable bonds is 6. The number of aliphatic hydroxyl groups is 1. The van der Waals surface area contributed by atoms with Gasteiger partial charge in [-0.25, -0.2) is 4.68 Å². The molecule has 1 aliphatic rings. The molecule has 1 aromatic carbocycles. The van der Waals surface area contributed by atoms with Gasteiger partial charge in [-0.3, -0.25) is 9.69 Å². The van der Waals surface area contributed by atoms with E-state index >= 15 is 0 Å². The van der Waals surface area contributed by atoms with Crippen molar-refractivity contribution >= 4 is 29.1 Å². The van der Waals surface area contributed by atoms with Gasteiger partial charge in [-0.05, 0) is 38.1 Å². The van der Waals surface area contributed by atoms with Crippen molar-refractivity contribution in [1.82, 2.24) is 24.8 Å². The van der Waals surface area contributed by atoms with Crippen LogP contribution in [0.1, 0.15) is 37.9 Å². The summed E-state index contributed by atoms with van der Waals surface area (Å²) >= 11 is 12.2. The van der Waals surface area contributed by atoms with Gasteiger partial charge in [0.1, 0.15) is 0 Å². The SMILES string of the molecule is C[C@H](CO)N1C[C@H](C)[C@@H](CN(C)Cc2ccc(Cl)c(Cl)c2)OCc2cnnn2CCCC1=O. The second kappa shape index (κ2) is 12.1. The molecule has 0 bridgehead atoms. The molecule has 0 fully saturated rings. The maximum atomic E-state index is 13.0. The molecule has 3 atom stereocenters. The van der Waals surface area contributed by atoms with Crippen molar-refractivity contribution in [3.05, 3.63) is 45.7 Å². The fourth-order valence-corrected chi connectivity index (χ4v) is 4.39. The first kappa shape index (κ1) is 25.9. The number of fused-ring (bicyclic) bond motifs is 1. The van der Waals surface area contributed by atoms with E-state index < -0.39 is 0 Å². The van der Waals surface area contributed by atoms with E-state index in [1.165, 1.54) is 0 Å². The summed E-state index contributed by atoms with van der Waals surface area (Å²) in [6.45, 7) is 6.73. The molecule has 2 heterocycles. The Labute approximate surface area is 205 Å². The quantitative estimate of drug-likeness (QED) is 0.659. The summed E-state index contributed by atoms with van der Waals surface area (Å²) in [4.78, 5) is 16.9. The number of benzene rings is 1. The molecule has 182 valence electrons. The Morgan fingerprint density at radius 2 is 2.12 bits per heavy atom. The molecule has 0 unspecified atom stereocenters. The topological polar surface area (TPSA) is 83.7 Å². The summed E-state index contributed by atoms with van der Waals surface area (Å²) in [5.74, 6) is 0.0801. The van der Waals surface area contributed by atoms with E-state index in [1.807, 2.05) is 26.1 Å². The Morgan fingerprint density at radius 1 is 1.33 bits per heavy atom. The van der Waals surface area contributed by atoms with Crippen LogP contribution in [0.2, 0.25) is 10.0 Å². The summed E-state index contributed by atoms with van der Waals surface area (Å²) in [7, 11) is 2.03. The second-order valence-electron chi connectivity index (χ2n) is 8.90. The van der Waals surface area contributed by atoms with E-state index in [-0.39, 0.29) is 30.6 Å². The van der Waals surface area contributed by atoms with Crippen LogP contribution >= 0.6 is 23.2 Å². The summed E-state index contributed by atoms with van der Waals surface area (Å²) in [5.41, 5.74) is 1.95. The summed E-state index contributed by atoms with van der Waals surface area (Å²) < 4.78 is 8.17. The van der Waals surface area contributed by atoms with Gasteiger partial charge >= 0.3 is 0 Å². The monoisotopic (exact) mass is 497 g/mol. The average Bonchev–Trinajstić information content (AvgIpc) is 3.23. The molecule has 2 aromatic rings. The number of likely N-dealkylation sites (N-methyl/N-ethyl adjacent to an activating group) is 1. The number of aliphatic hydroxyl groups excluding tert-OH is 1. The molecule has 8 nitrogen and oxygen atoms in total. The standard InChI is InChI=1S/C23H33Cl2N5O3/c1-16-11-29(17(2)14-31)23(32)5-4-8-30-19(10-26-27-30)15-33-22(16)13-28(3)12-18-6-7-20(24)21(25)9-18/h6-7,9-10,16-17,22,31H,4-5,8,11-15H2,1-3H3/t16-,17+,22+/m0/s1. The number of hydrogen-bond acceptors (Lipinski definition) is 6. The van der Waals surface area contributed by atoms with Crippen LogP contribution in [0.4, 0.5) is 0 Å². The van der Waals surface area contributed by atoms with Gasteiger partial charge in [0.2, 0.25) is 5.91 Å². The first-order valence-corrected chi connectivity index (χ1v) is 12.1. The zero-order valence-electron chi connectivity index (χ0n) is 19.5. The van der Waals surface area contributed by atoms with Gasteiger partial charge in [-0.15, -0.1) is 5.10 Å². The summed E-state index contributed by atoms with van der Waals surface area (Å²) in [6, 6.07) is 5.39. The third-order valence-electron chi connectivity index (χ3n) is 6.07. The molecule has 0 aliphatic carbocycles. The Hall–Kier alpha value is -1.71. The first-order chi connectivity index (χ1) is 15.8. The zero-order valence-corrected chi connectivity index (χ0v) is 21.0. The van der Waals surface area contributed by atoms with Crippen LogP contribution in [0, 0.1) is 5.92 Å². The van der Waals surface area contributed by atoms with Crippen molar-refractivity contribution in [3.63, 3.8) is 0 Å². The third kappa shape index (κ3) is 7.13. The van der Waals surface area contributed by atoms with Crippen LogP contribution in [0.5, 0.6) is 0 Å². The van der Waals surface area contributed by atoms with E-state index in [1.54, 1.807) is 21.8 Å². The van der Waals surface area contributed by atoms with E-state index in [9.17, 15) is 9.90 Å². The number of ether oxygens (including phenoxy) is 1. The van der Waals surface area contributed by atoms with Crippen LogP contribution in [0.15, 0.2) is 24.4 Å². The molecule has 0 spiro atoms. The number of aromatic nitrogens is 3. The number of carbonyl (C=O) groups excluding carboxylic acids is 1. The van der Waals surface area contributed by atoms with E-state index in [4.69, 9.17) is 27.9 Å². The highest BCUT2D eigenvalue weighted by Gasteiger charge is 2.28. The van der Waals surface area contributed by atoms with Gasteiger partial charge in [0, 0.05) is 38.5 Å². The highest BCUT2D eigenvalue weighted by Crippen LogP contribution is 2.24. The van der Waals surface area contributed by atoms with Crippen molar-refractivity contribution in [3.8, 4) is 0 Å². The van der Waals surface area contributed by atoms with E-state index in [2.05, 4.69) is 22.1 Å². The van der Waals surface area contributed by atoms with Crippen molar-refractivity contribution in [2.45, 2.75) is 58.5 Å². The minimum absolute atomic E-state index is 0.0357. The van der Waals surface area contributed by atoms with Crippen molar-refractivity contribution in [1.29, 1.82) is 0 Å². The Kier molecular flexibility index (Phi) is 9.52. The molecule has 1 N–H and O–H groups in total. The lowest BCUT2D eigenvalue weighted by atomic mass is 10.0. The molecule has 0 saturated carbocycles.